The number of halogens is 1. The lowest BCUT2D eigenvalue weighted by molar-refractivity contribution is -0.161. The fraction of sp³-hybridized carbons (Fsp3) is 0.531. The van der Waals surface area contributed by atoms with Crippen molar-refractivity contribution in [3.05, 3.63) is 71.8 Å². The third kappa shape index (κ3) is 8.94. The summed E-state index contributed by atoms with van der Waals surface area (Å²) in [5, 5.41) is 5.84. The average molecular weight is 585 g/mol. The van der Waals surface area contributed by atoms with E-state index in [9.17, 15) is 14.4 Å². The fourth-order valence-corrected chi connectivity index (χ4v) is 5.85. The molecule has 41 heavy (non-hydrogen) atoms. The molecule has 9 heteroatoms. The molecule has 0 bridgehead atoms. The minimum atomic E-state index is -0.733. The van der Waals surface area contributed by atoms with Crippen LogP contribution in [-0.4, -0.2) is 72.0 Å². The maximum atomic E-state index is 13.5. The summed E-state index contributed by atoms with van der Waals surface area (Å²) in [4.78, 5) is 43.3. The van der Waals surface area contributed by atoms with Gasteiger partial charge in [-0.05, 0) is 69.0 Å². The Morgan fingerprint density at radius 2 is 1.61 bits per heavy atom. The number of carbonyl (C=O) groups excluding carboxylic acids is 3. The topological polar surface area (TPSA) is 91.0 Å². The van der Waals surface area contributed by atoms with Crippen molar-refractivity contribution in [1.29, 1.82) is 0 Å². The quantitative estimate of drug-likeness (QED) is 0.333. The van der Waals surface area contributed by atoms with Gasteiger partial charge in [0.25, 0.3) is 0 Å². The lowest BCUT2D eigenvalue weighted by Gasteiger charge is -2.51. The van der Waals surface area contributed by atoms with Gasteiger partial charge in [0.2, 0.25) is 11.8 Å². The van der Waals surface area contributed by atoms with Gasteiger partial charge in [0.15, 0.2) is 0 Å². The highest BCUT2D eigenvalue weighted by molar-refractivity contribution is 6.00. The van der Waals surface area contributed by atoms with Crippen molar-refractivity contribution in [1.82, 2.24) is 20.4 Å². The number of amides is 3. The van der Waals surface area contributed by atoms with Crippen LogP contribution in [0.15, 0.2) is 60.7 Å². The molecule has 2 aromatic rings. The molecule has 0 saturated carbocycles. The maximum Gasteiger partial charge on any atom is 0.407 e. The largest absolute Gasteiger partial charge is 0.445 e. The summed E-state index contributed by atoms with van der Waals surface area (Å²) in [6, 6.07) is 19.6. The van der Waals surface area contributed by atoms with Gasteiger partial charge in [-0.25, -0.2) is 4.79 Å². The van der Waals surface area contributed by atoms with Crippen LogP contribution in [0.3, 0.4) is 0 Å². The van der Waals surface area contributed by atoms with Gasteiger partial charge in [-0.15, -0.1) is 12.4 Å². The van der Waals surface area contributed by atoms with E-state index in [1.165, 1.54) is 5.56 Å². The molecule has 224 valence electrons. The third-order valence-corrected chi connectivity index (χ3v) is 8.12. The zero-order valence-electron chi connectivity index (χ0n) is 24.2. The molecule has 2 heterocycles. The second-order valence-corrected chi connectivity index (χ2v) is 11.0. The van der Waals surface area contributed by atoms with E-state index in [0.29, 0.717) is 38.8 Å². The number of alkyl carbamates (subject to hydrolysis) is 1. The van der Waals surface area contributed by atoms with Gasteiger partial charge in [-0.2, -0.15) is 0 Å². The molecule has 2 aliphatic rings. The summed E-state index contributed by atoms with van der Waals surface area (Å²) in [5.41, 5.74) is 1.56. The molecular weight excluding hydrogens is 540 g/mol. The Bertz CT molecular complexity index is 1090. The van der Waals surface area contributed by atoms with Crippen molar-refractivity contribution in [2.24, 2.45) is 0 Å². The van der Waals surface area contributed by atoms with Gasteiger partial charge in [0, 0.05) is 26.2 Å². The van der Waals surface area contributed by atoms with Crippen LogP contribution in [0.25, 0.3) is 0 Å². The first-order valence-electron chi connectivity index (χ1n) is 14.8. The number of ether oxygens (including phenoxy) is 1. The van der Waals surface area contributed by atoms with Crippen molar-refractivity contribution in [3.63, 3.8) is 0 Å². The molecule has 2 saturated heterocycles. The standard InChI is InChI=1S/C32H44N4O4.ClH/c1-2-21-36-29(37)28(17-9-10-20-33-31(39)40-25-27-14-7-4-8-15-27)34-30(38)32(36)18-23-35(24-19-32)22-11-16-26-12-5-3-6-13-26;/h3-8,12-15,28H,2,9-11,16-25H2,1H3,(H,33,39)(H,34,38);1H/t28-;/m1./s1. The molecule has 0 aliphatic carbocycles. The van der Waals surface area contributed by atoms with Crippen molar-refractivity contribution in [2.45, 2.75) is 76.5 Å². The van der Waals surface area contributed by atoms with Crippen molar-refractivity contribution in [2.75, 3.05) is 32.7 Å². The molecule has 0 radical (unpaired) electrons. The molecule has 0 unspecified atom stereocenters. The summed E-state index contributed by atoms with van der Waals surface area (Å²) >= 11 is 0. The molecule has 1 spiro atoms. The molecule has 2 aliphatic heterocycles. The Labute approximate surface area is 250 Å². The van der Waals surface area contributed by atoms with Crippen LogP contribution >= 0.6 is 12.4 Å². The minimum Gasteiger partial charge on any atom is -0.445 e. The highest BCUT2D eigenvalue weighted by Crippen LogP contribution is 2.34. The molecule has 8 nitrogen and oxygen atoms in total. The molecule has 1 atom stereocenters. The summed E-state index contributed by atoms with van der Waals surface area (Å²) < 4.78 is 5.24. The van der Waals surface area contributed by atoms with Gasteiger partial charge in [0.05, 0.1) is 0 Å². The first-order chi connectivity index (χ1) is 19.5. The number of rotatable bonds is 13. The zero-order valence-corrected chi connectivity index (χ0v) is 25.0. The second kappa shape index (κ2) is 16.4. The number of hydrogen-bond donors (Lipinski definition) is 2. The van der Waals surface area contributed by atoms with E-state index in [1.807, 2.05) is 41.3 Å². The van der Waals surface area contributed by atoms with Crippen LogP contribution in [0.4, 0.5) is 4.79 Å². The van der Waals surface area contributed by atoms with E-state index < -0.39 is 17.7 Å². The number of unbranched alkanes of at least 4 members (excludes halogenated alkanes) is 1. The van der Waals surface area contributed by atoms with Gasteiger partial charge < -0.3 is 25.2 Å². The molecule has 0 aromatic heterocycles. The van der Waals surface area contributed by atoms with E-state index in [1.54, 1.807) is 0 Å². The zero-order chi connectivity index (χ0) is 28.2. The van der Waals surface area contributed by atoms with Gasteiger partial charge in [-0.3, -0.25) is 9.59 Å². The molecule has 2 N–H and O–H groups in total. The van der Waals surface area contributed by atoms with Crippen LogP contribution in [0, 0.1) is 0 Å². The van der Waals surface area contributed by atoms with E-state index >= 15 is 0 Å². The predicted octanol–water partition coefficient (Wildman–Crippen LogP) is 4.71. The Morgan fingerprint density at radius 3 is 2.27 bits per heavy atom. The number of likely N-dealkylation sites (tertiary alicyclic amines) is 1. The first-order valence-corrected chi connectivity index (χ1v) is 14.8. The number of piperazine rings is 1. The first kappa shape index (κ1) is 32.4. The SMILES string of the molecule is CCCN1C(=O)[C@@H](CCCCNC(=O)OCc2ccccc2)NC(=O)C12CCN(CCCc1ccccc1)CC2.Cl. The summed E-state index contributed by atoms with van der Waals surface area (Å²) in [7, 11) is 0. The number of aryl methyl sites for hydroxylation is 1. The fourth-order valence-electron chi connectivity index (χ4n) is 5.85. The number of benzene rings is 2. The average Bonchev–Trinajstić information content (AvgIpc) is 2.98. The Balaban J connectivity index is 0.00000462. The number of hydrogen-bond acceptors (Lipinski definition) is 5. The van der Waals surface area contributed by atoms with Crippen molar-refractivity contribution >= 4 is 30.3 Å². The highest BCUT2D eigenvalue weighted by atomic mass is 35.5. The van der Waals surface area contributed by atoms with E-state index in [0.717, 1.165) is 50.9 Å². The molecule has 2 fully saturated rings. The van der Waals surface area contributed by atoms with Crippen molar-refractivity contribution < 1.29 is 19.1 Å². The van der Waals surface area contributed by atoms with Crippen LogP contribution < -0.4 is 10.6 Å². The lowest BCUT2D eigenvalue weighted by Crippen LogP contribution is -2.72. The molecule has 3 amide bonds. The van der Waals surface area contributed by atoms with Crippen LogP contribution in [0.5, 0.6) is 0 Å². The van der Waals surface area contributed by atoms with Crippen LogP contribution in [0.1, 0.15) is 63.0 Å². The summed E-state index contributed by atoms with van der Waals surface area (Å²) in [6.45, 7) is 6.01. The normalized spacial score (nSPS) is 18.5. The Morgan fingerprint density at radius 1 is 0.951 bits per heavy atom. The molecule has 2 aromatic carbocycles. The van der Waals surface area contributed by atoms with E-state index in [-0.39, 0.29) is 30.8 Å². The van der Waals surface area contributed by atoms with Crippen LogP contribution in [0.2, 0.25) is 0 Å². The number of nitrogens with zero attached hydrogens (tertiary/aromatic N) is 2. The smallest absolute Gasteiger partial charge is 0.407 e. The van der Waals surface area contributed by atoms with E-state index in [2.05, 4.69) is 46.7 Å². The number of piperidine rings is 1. The third-order valence-electron chi connectivity index (χ3n) is 8.12. The molecular formula is C32H45ClN4O4. The van der Waals surface area contributed by atoms with Gasteiger partial charge in [0.1, 0.15) is 18.2 Å². The highest BCUT2D eigenvalue weighted by Gasteiger charge is 2.52. The second-order valence-electron chi connectivity index (χ2n) is 11.0. The molecule has 4 rings (SSSR count). The van der Waals surface area contributed by atoms with Crippen LogP contribution in [-0.2, 0) is 27.4 Å². The Hall–Kier alpha value is -3.10. The number of nitrogens with one attached hydrogen (secondary N) is 2. The minimum absolute atomic E-state index is 0. The monoisotopic (exact) mass is 584 g/mol. The maximum absolute atomic E-state index is 13.5. The van der Waals surface area contributed by atoms with Gasteiger partial charge in [-0.1, -0.05) is 67.6 Å². The lowest BCUT2D eigenvalue weighted by atomic mass is 9.81. The summed E-state index contributed by atoms with van der Waals surface area (Å²) in [5.74, 6) is 0.0336. The Kier molecular flexibility index (Phi) is 12.9. The number of carbonyl (C=O) groups is 3. The van der Waals surface area contributed by atoms with Crippen molar-refractivity contribution in [3.8, 4) is 0 Å². The van der Waals surface area contributed by atoms with Gasteiger partial charge >= 0.3 is 6.09 Å². The predicted molar refractivity (Wildman–Crippen MR) is 163 cm³/mol. The van der Waals surface area contributed by atoms with E-state index in [4.69, 9.17) is 4.74 Å². The summed E-state index contributed by atoms with van der Waals surface area (Å²) in [6.07, 6.45) is 5.85.